The van der Waals surface area contributed by atoms with Crippen molar-refractivity contribution < 1.29 is 9.53 Å². The molecule has 8 nitrogen and oxygen atoms in total. The molecule has 24 heavy (non-hydrogen) atoms. The number of carbonyl (C=O) groups excluding carboxylic acids is 1. The fourth-order valence-corrected chi connectivity index (χ4v) is 2.97. The zero-order valence-corrected chi connectivity index (χ0v) is 13.9. The molecule has 1 N–H and O–H groups in total. The number of nitrogens with zero attached hydrogens (tertiary/aromatic N) is 3. The van der Waals surface area contributed by atoms with Gasteiger partial charge in [0.1, 0.15) is 5.65 Å². The van der Waals surface area contributed by atoms with Gasteiger partial charge in [-0.3, -0.25) is 18.7 Å². The molecule has 0 aromatic carbocycles. The molecule has 0 bridgehead atoms. The van der Waals surface area contributed by atoms with Crippen LogP contribution in [0.2, 0.25) is 0 Å². The fraction of sp³-hybridized carbons (Fsp3) is 0.500. The number of carbonyl (C=O) groups is 1. The Kier molecular flexibility index (Phi) is 4.23. The number of aromatic nitrogens is 3. The lowest BCUT2D eigenvalue weighted by Gasteiger charge is -2.20. The summed E-state index contributed by atoms with van der Waals surface area (Å²) in [5.41, 5.74) is -0.387. The van der Waals surface area contributed by atoms with E-state index in [1.165, 1.54) is 30.9 Å². The lowest BCUT2D eigenvalue weighted by molar-refractivity contribution is 0.0712. The van der Waals surface area contributed by atoms with Crippen molar-refractivity contribution in [2.75, 3.05) is 6.61 Å². The van der Waals surface area contributed by atoms with Gasteiger partial charge in [-0.2, -0.15) is 0 Å². The van der Waals surface area contributed by atoms with Crippen molar-refractivity contribution in [3.63, 3.8) is 0 Å². The smallest absolute Gasteiger partial charge is 0.332 e. The Morgan fingerprint density at radius 3 is 2.79 bits per heavy atom. The van der Waals surface area contributed by atoms with E-state index in [4.69, 9.17) is 4.74 Å². The Morgan fingerprint density at radius 1 is 1.38 bits per heavy atom. The molecule has 0 radical (unpaired) electrons. The van der Waals surface area contributed by atoms with Gasteiger partial charge in [0.05, 0.1) is 23.1 Å². The summed E-state index contributed by atoms with van der Waals surface area (Å²) in [7, 11) is 2.94. The maximum Gasteiger partial charge on any atom is 0.332 e. The molecule has 1 saturated heterocycles. The Bertz CT molecular complexity index is 909. The second-order valence-corrected chi connectivity index (χ2v) is 6.11. The minimum absolute atomic E-state index is 0.0102. The predicted molar refractivity (Wildman–Crippen MR) is 88.1 cm³/mol. The van der Waals surface area contributed by atoms with Crippen LogP contribution in [0.1, 0.15) is 30.1 Å². The summed E-state index contributed by atoms with van der Waals surface area (Å²) >= 11 is 0. The molecule has 1 fully saturated rings. The number of rotatable bonds is 3. The molecule has 0 spiro atoms. The van der Waals surface area contributed by atoms with Gasteiger partial charge in [0.25, 0.3) is 11.5 Å². The normalized spacial score (nSPS) is 18.7. The molecule has 3 rings (SSSR count). The minimum Gasteiger partial charge on any atom is -0.376 e. The van der Waals surface area contributed by atoms with Crippen molar-refractivity contribution in [3.05, 3.63) is 38.7 Å². The predicted octanol–water partition coefficient (Wildman–Crippen LogP) is -0.0705. The lowest BCUT2D eigenvalue weighted by atomic mass is 10.1. The summed E-state index contributed by atoms with van der Waals surface area (Å²) in [6, 6.07) is 1.35. The summed E-state index contributed by atoms with van der Waals surface area (Å²) in [4.78, 5) is 40.7. The first kappa shape index (κ1) is 16.4. The zero-order valence-electron chi connectivity index (χ0n) is 13.9. The quantitative estimate of drug-likeness (QED) is 0.849. The standard InChI is InChI=1S/C16H20N4O4/c1-9(12-5-4-6-24-12)18-14(21)10-7-11-13(17-8-10)19(2)16(23)20(3)15(11)22/h7-9,12H,4-6H2,1-3H3,(H,18,21)/t9-,12-/m0/s1. The summed E-state index contributed by atoms with van der Waals surface area (Å²) in [5.74, 6) is -0.316. The van der Waals surface area contributed by atoms with E-state index < -0.39 is 11.2 Å². The largest absolute Gasteiger partial charge is 0.376 e. The van der Waals surface area contributed by atoms with Crippen LogP contribution >= 0.6 is 0 Å². The van der Waals surface area contributed by atoms with E-state index in [-0.39, 0.29) is 34.6 Å². The van der Waals surface area contributed by atoms with E-state index in [1.807, 2.05) is 6.92 Å². The van der Waals surface area contributed by atoms with E-state index in [9.17, 15) is 14.4 Å². The van der Waals surface area contributed by atoms with Gasteiger partial charge < -0.3 is 10.1 Å². The van der Waals surface area contributed by atoms with Crippen molar-refractivity contribution >= 4 is 16.9 Å². The van der Waals surface area contributed by atoms with Crippen LogP contribution in [0.4, 0.5) is 0 Å². The second-order valence-electron chi connectivity index (χ2n) is 6.11. The van der Waals surface area contributed by atoms with Gasteiger partial charge in [-0.25, -0.2) is 9.78 Å². The third-order valence-electron chi connectivity index (χ3n) is 4.44. The van der Waals surface area contributed by atoms with Crippen LogP contribution in [0, 0.1) is 0 Å². The minimum atomic E-state index is -0.470. The fourth-order valence-electron chi connectivity index (χ4n) is 2.97. The summed E-state index contributed by atoms with van der Waals surface area (Å²) in [6.45, 7) is 2.61. The molecule has 0 saturated carbocycles. The van der Waals surface area contributed by atoms with E-state index >= 15 is 0 Å². The van der Waals surface area contributed by atoms with Crippen LogP contribution in [0.3, 0.4) is 0 Å². The van der Waals surface area contributed by atoms with Crippen molar-refractivity contribution in [2.45, 2.75) is 31.9 Å². The van der Waals surface area contributed by atoms with Crippen LogP contribution in [-0.2, 0) is 18.8 Å². The summed E-state index contributed by atoms with van der Waals surface area (Å²) in [6.07, 6.45) is 3.29. The van der Waals surface area contributed by atoms with Gasteiger partial charge in [-0.05, 0) is 25.8 Å². The number of hydrogen-bond acceptors (Lipinski definition) is 5. The molecule has 0 aliphatic carbocycles. The van der Waals surface area contributed by atoms with Gasteiger partial charge >= 0.3 is 5.69 Å². The number of aryl methyl sites for hydroxylation is 1. The highest BCUT2D eigenvalue weighted by molar-refractivity contribution is 5.96. The Morgan fingerprint density at radius 2 is 2.12 bits per heavy atom. The van der Waals surface area contributed by atoms with Crippen LogP contribution in [0.5, 0.6) is 0 Å². The monoisotopic (exact) mass is 332 g/mol. The molecule has 8 heteroatoms. The number of hydrogen-bond donors (Lipinski definition) is 1. The Balaban J connectivity index is 1.94. The SMILES string of the molecule is C[C@H](NC(=O)c1cnc2c(c1)c(=O)n(C)c(=O)n2C)[C@@H]1CCCO1. The molecule has 1 aliphatic rings. The molecule has 3 heterocycles. The molecule has 1 aliphatic heterocycles. The molecule has 2 atom stereocenters. The third-order valence-corrected chi connectivity index (χ3v) is 4.44. The molecular weight excluding hydrogens is 312 g/mol. The van der Waals surface area contributed by atoms with Gasteiger partial charge in [-0.1, -0.05) is 0 Å². The molecule has 2 aromatic heterocycles. The first-order valence-corrected chi connectivity index (χ1v) is 7.88. The molecule has 1 amide bonds. The maximum absolute atomic E-state index is 12.4. The summed E-state index contributed by atoms with van der Waals surface area (Å²) < 4.78 is 7.85. The Hall–Kier alpha value is -2.48. The van der Waals surface area contributed by atoms with Crippen molar-refractivity contribution in [2.24, 2.45) is 14.1 Å². The van der Waals surface area contributed by atoms with Crippen molar-refractivity contribution in [1.82, 2.24) is 19.4 Å². The Labute approximate surface area is 138 Å². The molecule has 128 valence electrons. The van der Waals surface area contributed by atoms with Crippen molar-refractivity contribution in [1.29, 1.82) is 0 Å². The number of amides is 1. The average Bonchev–Trinajstić information content (AvgIpc) is 3.12. The van der Waals surface area contributed by atoms with E-state index in [1.54, 1.807) is 0 Å². The molecular formula is C16H20N4O4. The van der Waals surface area contributed by atoms with Crippen molar-refractivity contribution in [3.8, 4) is 0 Å². The highest BCUT2D eigenvalue weighted by atomic mass is 16.5. The maximum atomic E-state index is 12.4. The second kappa shape index (κ2) is 6.20. The third kappa shape index (κ3) is 2.73. The topological polar surface area (TPSA) is 95.2 Å². The van der Waals surface area contributed by atoms with Gasteiger partial charge in [-0.15, -0.1) is 0 Å². The number of pyridine rings is 1. The van der Waals surface area contributed by atoms with Crippen LogP contribution in [0.15, 0.2) is 21.9 Å². The average molecular weight is 332 g/mol. The van der Waals surface area contributed by atoms with Crippen LogP contribution < -0.4 is 16.6 Å². The zero-order chi connectivity index (χ0) is 17.4. The highest BCUT2D eigenvalue weighted by Crippen LogP contribution is 2.16. The van der Waals surface area contributed by atoms with Gasteiger partial charge in [0, 0.05) is 26.9 Å². The van der Waals surface area contributed by atoms with Crippen LogP contribution in [-0.4, -0.2) is 38.8 Å². The van der Waals surface area contributed by atoms with Gasteiger partial charge in [0.2, 0.25) is 0 Å². The number of nitrogens with one attached hydrogen (secondary N) is 1. The summed E-state index contributed by atoms with van der Waals surface area (Å²) in [5, 5.41) is 3.11. The van der Waals surface area contributed by atoms with E-state index in [0.717, 1.165) is 17.4 Å². The molecule has 2 aromatic rings. The lowest BCUT2D eigenvalue weighted by Crippen LogP contribution is -2.41. The number of ether oxygens (including phenoxy) is 1. The van der Waals surface area contributed by atoms with E-state index in [2.05, 4.69) is 10.3 Å². The number of fused-ring (bicyclic) bond motifs is 1. The first-order chi connectivity index (χ1) is 11.4. The van der Waals surface area contributed by atoms with E-state index in [0.29, 0.717) is 6.61 Å². The molecule has 0 unspecified atom stereocenters. The first-order valence-electron chi connectivity index (χ1n) is 7.88. The van der Waals surface area contributed by atoms with Crippen LogP contribution in [0.25, 0.3) is 11.0 Å². The van der Waals surface area contributed by atoms with Gasteiger partial charge in [0.15, 0.2) is 0 Å². The highest BCUT2D eigenvalue weighted by Gasteiger charge is 2.24.